The molecule has 1 heterocycles. The molecule has 0 bridgehead atoms. The van der Waals surface area contributed by atoms with Crippen LogP contribution in [0.4, 0.5) is 0 Å². The van der Waals surface area contributed by atoms with E-state index in [1.807, 2.05) is 30.3 Å². The van der Waals surface area contributed by atoms with Crippen molar-refractivity contribution in [3.8, 4) is 17.2 Å². The summed E-state index contributed by atoms with van der Waals surface area (Å²) in [5, 5.41) is 2.60. The summed E-state index contributed by atoms with van der Waals surface area (Å²) in [7, 11) is 0.0801. The summed E-state index contributed by atoms with van der Waals surface area (Å²) in [5.74, 6) is 1.64. The molecule has 0 radical (unpaired) electrons. The van der Waals surface area contributed by atoms with Gasteiger partial charge in [-0.05, 0) is 66.4 Å². The molecule has 5 rings (SSSR count). The fourth-order valence-corrected chi connectivity index (χ4v) is 5.06. The summed E-state index contributed by atoms with van der Waals surface area (Å²) in [6.45, 7) is 0. The number of rotatable bonds is 6. The first-order valence-electron chi connectivity index (χ1n) is 10.8. The second kappa shape index (κ2) is 9.15. The molecule has 0 fully saturated rings. The lowest BCUT2D eigenvalue weighted by molar-refractivity contribution is -0.114. The molecule has 0 saturated heterocycles. The summed E-state index contributed by atoms with van der Waals surface area (Å²) < 4.78 is 26.7. The minimum absolute atomic E-state index is 0.108. The summed E-state index contributed by atoms with van der Waals surface area (Å²) >= 11 is 0. The van der Waals surface area contributed by atoms with Crippen LogP contribution in [0, 0.1) is 0 Å². The van der Waals surface area contributed by atoms with Gasteiger partial charge in [0.05, 0.1) is 4.91 Å². The Kier molecular flexibility index (Phi) is 5.90. The number of nitrogens with one attached hydrogen (secondary N) is 2. The van der Waals surface area contributed by atoms with Gasteiger partial charge in [0.1, 0.15) is 23.4 Å². The normalized spacial score (nSPS) is 18.6. The SMILES string of the molecule is CNC(=O)c1ccc(Oc2cccc3c2CC[C@H]3Oc2ccc(C3=CC(=O)NS3=O)cc2)cc1. The molecule has 1 aliphatic heterocycles. The van der Waals surface area contributed by atoms with Gasteiger partial charge in [0.15, 0.2) is 11.0 Å². The number of hydrogen-bond donors (Lipinski definition) is 2. The fourth-order valence-electron chi connectivity index (χ4n) is 4.15. The van der Waals surface area contributed by atoms with Crippen LogP contribution in [0.3, 0.4) is 0 Å². The highest BCUT2D eigenvalue weighted by Gasteiger charge is 2.27. The van der Waals surface area contributed by atoms with Crippen LogP contribution < -0.4 is 19.5 Å². The topological polar surface area (TPSA) is 93.7 Å². The van der Waals surface area contributed by atoms with Crippen LogP contribution in [0.25, 0.3) is 4.91 Å². The number of carbonyl (C=O) groups is 2. The van der Waals surface area contributed by atoms with Crippen LogP contribution in [-0.4, -0.2) is 23.1 Å². The fraction of sp³-hybridized carbons (Fsp3) is 0.154. The zero-order valence-corrected chi connectivity index (χ0v) is 19.2. The molecule has 172 valence electrons. The van der Waals surface area contributed by atoms with E-state index in [-0.39, 0.29) is 17.9 Å². The summed E-state index contributed by atoms with van der Waals surface area (Å²) in [4.78, 5) is 23.6. The molecular formula is C26H22N2O5S. The Morgan fingerprint density at radius 3 is 2.44 bits per heavy atom. The van der Waals surface area contributed by atoms with Gasteiger partial charge in [-0.15, -0.1) is 0 Å². The summed E-state index contributed by atoms with van der Waals surface area (Å²) in [5.41, 5.74) is 3.48. The van der Waals surface area contributed by atoms with Gasteiger partial charge in [-0.1, -0.05) is 24.3 Å². The average molecular weight is 475 g/mol. The zero-order chi connectivity index (χ0) is 23.7. The van der Waals surface area contributed by atoms with Crippen molar-refractivity contribution < 1.29 is 23.3 Å². The van der Waals surface area contributed by atoms with Crippen molar-refractivity contribution in [2.24, 2.45) is 0 Å². The van der Waals surface area contributed by atoms with E-state index < -0.39 is 11.0 Å². The minimum Gasteiger partial charge on any atom is -0.486 e. The Morgan fingerprint density at radius 1 is 1.03 bits per heavy atom. The Balaban J connectivity index is 1.30. The highest BCUT2D eigenvalue weighted by Crippen LogP contribution is 2.41. The minimum atomic E-state index is -1.52. The van der Waals surface area contributed by atoms with E-state index in [9.17, 15) is 13.8 Å². The summed E-state index contributed by atoms with van der Waals surface area (Å²) in [6.07, 6.45) is 2.89. The quantitative estimate of drug-likeness (QED) is 0.563. The molecule has 0 saturated carbocycles. The van der Waals surface area contributed by atoms with Gasteiger partial charge < -0.3 is 14.8 Å². The lowest BCUT2D eigenvalue weighted by Crippen LogP contribution is -2.17. The first-order valence-corrected chi connectivity index (χ1v) is 12.0. The average Bonchev–Trinajstić information content (AvgIpc) is 3.42. The van der Waals surface area contributed by atoms with Crippen LogP contribution in [0.5, 0.6) is 17.2 Å². The van der Waals surface area contributed by atoms with E-state index in [4.69, 9.17) is 9.47 Å². The summed E-state index contributed by atoms with van der Waals surface area (Å²) in [6, 6.07) is 20.2. The van der Waals surface area contributed by atoms with Crippen molar-refractivity contribution in [3.63, 3.8) is 0 Å². The highest BCUT2D eigenvalue weighted by atomic mass is 32.2. The van der Waals surface area contributed by atoms with Gasteiger partial charge >= 0.3 is 0 Å². The lowest BCUT2D eigenvalue weighted by atomic mass is 10.1. The van der Waals surface area contributed by atoms with Crippen molar-refractivity contribution in [1.29, 1.82) is 0 Å². The second-order valence-electron chi connectivity index (χ2n) is 7.94. The van der Waals surface area contributed by atoms with Gasteiger partial charge in [-0.25, -0.2) is 4.21 Å². The smallest absolute Gasteiger partial charge is 0.257 e. The number of benzene rings is 3. The molecule has 0 aromatic heterocycles. The van der Waals surface area contributed by atoms with Gasteiger partial charge in [-0.3, -0.25) is 14.3 Å². The molecule has 3 aromatic rings. The third-order valence-corrected chi connectivity index (χ3v) is 6.96. The van der Waals surface area contributed by atoms with Gasteiger partial charge in [-0.2, -0.15) is 0 Å². The van der Waals surface area contributed by atoms with E-state index in [0.29, 0.717) is 27.5 Å². The van der Waals surface area contributed by atoms with Crippen molar-refractivity contribution in [3.05, 3.63) is 95.1 Å². The van der Waals surface area contributed by atoms with E-state index >= 15 is 0 Å². The van der Waals surface area contributed by atoms with E-state index in [0.717, 1.165) is 29.7 Å². The Labute approximate surface area is 199 Å². The largest absolute Gasteiger partial charge is 0.486 e. The first-order chi connectivity index (χ1) is 16.5. The standard InChI is InChI=1S/C26H22N2O5S/c1-27-26(30)17-7-11-19(12-8-17)32-22-4-2-3-20-21(22)13-14-23(20)33-18-9-5-16(6-10-18)24-15-25(29)28-34(24)31/h2-12,15,23H,13-14H2,1H3,(H,27,30)(H,28,29)/t23-,34?/m1/s1. The van der Waals surface area contributed by atoms with Crippen LogP contribution in [-0.2, 0) is 22.2 Å². The first kappa shape index (κ1) is 21.9. The van der Waals surface area contributed by atoms with Crippen LogP contribution in [0.2, 0.25) is 0 Å². The number of fused-ring (bicyclic) bond motifs is 1. The van der Waals surface area contributed by atoms with E-state index in [1.54, 1.807) is 43.4 Å². The van der Waals surface area contributed by atoms with Crippen LogP contribution >= 0.6 is 0 Å². The van der Waals surface area contributed by atoms with Crippen molar-refractivity contribution in [1.82, 2.24) is 10.0 Å². The zero-order valence-electron chi connectivity index (χ0n) is 18.4. The maximum atomic E-state index is 12.0. The molecule has 8 heteroatoms. The maximum Gasteiger partial charge on any atom is 0.257 e. The third kappa shape index (κ3) is 4.32. The predicted molar refractivity (Wildman–Crippen MR) is 129 cm³/mol. The molecule has 2 atom stereocenters. The molecule has 0 spiro atoms. The number of ether oxygens (including phenoxy) is 2. The molecule has 7 nitrogen and oxygen atoms in total. The van der Waals surface area contributed by atoms with Crippen LogP contribution in [0.1, 0.15) is 39.6 Å². The van der Waals surface area contributed by atoms with E-state index in [2.05, 4.69) is 10.0 Å². The predicted octanol–water partition coefficient (Wildman–Crippen LogP) is 4.04. The monoisotopic (exact) mass is 474 g/mol. The molecule has 2 N–H and O–H groups in total. The molecule has 2 amide bonds. The van der Waals surface area contributed by atoms with E-state index in [1.165, 1.54) is 6.08 Å². The number of carbonyl (C=O) groups excluding carboxylic acids is 2. The maximum absolute atomic E-state index is 12.0. The lowest BCUT2D eigenvalue weighted by Gasteiger charge is -2.16. The molecule has 34 heavy (non-hydrogen) atoms. The van der Waals surface area contributed by atoms with Gasteiger partial charge in [0, 0.05) is 24.3 Å². The molecule has 3 aromatic carbocycles. The van der Waals surface area contributed by atoms with Crippen molar-refractivity contribution >= 4 is 27.7 Å². The Hall–Kier alpha value is -3.91. The molecule has 1 aliphatic carbocycles. The molecule has 2 aliphatic rings. The Morgan fingerprint density at radius 2 is 1.76 bits per heavy atom. The molecule has 1 unspecified atom stereocenters. The second-order valence-corrected chi connectivity index (χ2v) is 9.12. The number of amides is 2. The van der Waals surface area contributed by atoms with Gasteiger partial charge in [0.2, 0.25) is 0 Å². The van der Waals surface area contributed by atoms with Crippen molar-refractivity contribution in [2.75, 3.05) is 7.05 Å². The van der Waals surface area contributed by atoms with Gasteiger partial charge in [0.25, 0.3) is 11.8 Å². The third-order valence-electron chi connectivity index (χ3n) is 5.82. The molecular weight excluding hydrogens is 452 g/mol. The van der Waals surface area contributed by atoms with Crippen LogP contribution in [0.15, 0.2) is 72.8 Å². The number of hydrogen-bond acceptors (Lipinski definition) is 5. The Bertz CT molecular complexity index is 1320. The van der Waals surface area contributed by atoms with Crippen molar-refractivity contribution in [2.45, 2.75) is 18.9 Å². The highest BCUT2D eigenvalue weighted by molar-refractivity contribution is 7.93.